The molecule has 0 unspecified atom stereocenters. The third kappa shape index (κ3) is 8.46. The molecule has 0 saturated heterocycles. The molecule has 8 nitrogen and oxygen atoms in total. The minimum Gasteiger partial charge on any atom is -0.465 e. The molecule has 14 heteroatoms. The van der Waals surface area contributed by atoms with Crippen LogP contribution in [0.4, 0.5) is 5.69 Å². The predicted molar refractivity (Wildman–Crippen MR) is 132 cm³/mol. The smallest absolute Gasteiger partial charge is 0.325 e. The van der Waals surface area contributed by atoms with Gasteiger partial charge in [-0.05, 0) is 32.1 Å². The summed E-state index contributed by atoms with van der Waals surface area (Å²) >= 11 is 35.8. The SMILES string of the molecule is CCOC(=O)CN(CC(=O)OCC)c1ccc(C2=NN(C(Cl)(Cl)Cl)NC(C(Cl)(Cl)Cl)=C2)cc1. The minimum atomic E-state index is -1.98. The number of esters is 2. The number of carbonyl (C=O) groups is 2. The number of anilines is 1. The van der Waals surface area contributed by atoms with Gasteiger partial charge >= 0.3 is 15.9 Å². The summed E-state index contributed by atoms with van der Waals surface area (Å²) in [6.07, 6.45) is 1.49. The topological polar surface area (TPSA) is 83.5 Å². The zero-order chi connectivity index (χ0) is 24.8. The molecular weight excluding hydrogens is 561 g/mol. The molecule has 1 heterocycles. The summed E-state index contributed by atoms with van der Waals surface area (Å²) < 4.78 is 6.17. The van der Waals surface area contributed by atoms with Crippen molar-refractivity contribution in [3.63, 3.8) is 0 Å². The number of hydrazone groups is 1. The van der Waals surface area contributed by atoms with Crippen molar-refractivity contribution >= 4 is 92.9 Å². The lowest BCUT2D eigenvalue weighted by Crippen LogP contribution is -2.47. The number of rotatable bonds is 8. The van der Waals surface area contributed by atoms with Gasteiger partial charge in [0.25, 0.3) is 0 Å². The molecule has 33 heavy (non-hydrogen) atoms. The van der Waals surface area contributed by atoms with E-state index in [4.69, 9.17) is 79.1 Å². The fraction of sp³-hybridized carbons (Fsp3) is 0.421. The summed E-state index contributed by atoms with van der Waals surface area (Å²) in [5.74, 6) is -0.968. The third-order valence-corrected chi connectivity index (χ3v) is 5.13. The number of alkyl halides is 6. The van der Waals surface area contributed by atoms with E-state index in [1.165, 1.54) is 11.0 Å². The number of carbonyl (C=O) groups excluding carboxylic acids is 2. The van der Waals surface area contributed by atoms with Crippen LogP contribution in [0.15, 0.2) is 41.1 Å². The van der Waals surface area contributed by atoms with Crippen LogP contribution < -0.4 is 10.3 Å². The number of allylic oxidation sites excluding steroid dienone is 2. The van der Waals surface area contributed by atoms with Crippen LogP contribution in [0.1, 0.15) is 19.4 Å². The molecule has 0 spiro atoms. The molecule has 1 N–H and O–H groups in total. The van der Waals surface area contributed by atoms with E-state index in [0.29, 0.717) is 17.0 Å². The molecule has 0 fully saturated rings. The van der Waals surface area contributed by atoms with Crippen LogP contribution >= 0.6 is 69.6 Å². The quantitative estimate of drug-likeness (QED) is 0.270. The standard InChI is InChI=1S/C19H20Cl6N4O4/c1-3-32-16(30)10-28(11-17(31)33-4-2)13-7-5-12(6-8-13)14-9-15(18(20,21)22)27-29(26-14)19(23,24)25/h5-9,27H,3-4,10-11H2,1-2H3. The van der Waals surface area contributed by atoms with Gasteiger partial charge in [0.05, 0.1) is 24.6 Å². The first-order valence-corrected chi connectivity index (χ1v) is 11.8. The summed E-state index contributed by atoms with van der Waals surface area (Å²) in [5, 5.41) is 5.16. The van der Waals surface area contributed by atoms with Crippen molar-refractivity contribution in [2.45, 2.75) is 21.6 Å². The lowest BCUT2D eigenvalue weighted by atomic mass is 10.1. The normalized spacial score (nSPS) is 14.1. The highest BCUT2D eigenvalue weighted by molar-refractivity contribution is 6.69. The molecule has 0 saturated carbocycles. The van der Waals surface area contributed by atoms with E-state index in [-0.39, 0.29) is 32.0 Å². The van der Waals surface area contributed by atoms with Gasteiger partial charge in [0.15, 0.2) is 0 Å². The highest BCUT2D eigenvalue weighted by atomic mass is 35.6. The van der Waals surface area contributed by atoms with Gasteiger partial charge in [0.2, 0.25) is 3.79 Å². The first-order chi connectivity index (χ1) is 15.3. The largest absolute Gasteiger partial charge is 0.465 e. The average Bonchev–Trinajstić information content (AvgIpc) is 2.72. The van der Waals surface area contributed by atoms with Crippen molar-refractivity contribution in [3.05, 3.63) is 41.6 Å². The van der Waals surface area contributed by atoms with Crippen molar-refractivity contribution in [1.29, 1.82) is 0 Å². The van der Waals surface area contributed by atoms with Crippen LogP contribution in [0, 0.1) is 0 Å². The monoisotopic (exact) mass is 578 g/mol. The Kier molecular flexibility index (Phi) is 10.1. The number of hydrogen-bond acceptors (Lipinski definition) is 8. The van der Waals surface area contributed by atoms with E-state index in [2.05, 4.69) is 10.5 Å². The number of benzene rings is 1. The molecule has 182 valence electrons. The lowest BCUT2D eigenvalue weighted by molar-refractivity contribution is -0.142. The Morgan fingerprint density at radius 3 is 1.91 bits per heavy atom. The molecule has 0 aliphatic carbocycles. The van der Waals surface area contributed by atoms with Gasteiger partial charge in [-0.2, -0.15) is 10.2 Å². The molecule has 0 radical (unpaired) electrons. The second-order valence-electron chi connectivity index (χ2n) is 6.45. The van der Waals surface area contributed by atoms with E-state index in [0.717, 1.165) is 5.12 Å². The molecule has 1 aliphatic heterocycles. The number of hydrogen-bond donors (Lipinski definition) is 1. The van der Waals surface area contributed by atoms with Crippen molar-refractivity contribution < 1.29 is 19.1 Å². The van der Waals surface area contributed by atoms with Crippen molar-refractivity contribution in [2.75, 3.05) is 31.2 Å². The van der Waals surface area contributed by atoms with Gasteiger partial charge in [-0.25, -0.2) is 0 Å². The highest BCUT2D eigenvalue weighted by Gasteiger charge is 2.37. The fourth-order valence-corrected chi connectivity index (χ4v) is 3.19. The van der Waals surface area contributed by atoms with Crippen molar-refractivity contribution in [3.8, 4) is 0 Å². The van der Waals surface area contributed by atoms with Gasteiger partial charge in [0, 0.05) is 11.3 Å². The average molecular weight is 581 g/mol. The molecule has 1 aromatic rings. The maximum atomic E-state index is 12.0. The number of halogens is 6. The summed E-state index contributed by atoms with van der Waals surface area (Å²) in [7, 11) is 0. The Hall–Kier alpha value is -1.29. The number of nitrogens with one attached hydrogen (secondary N) is 1. The summed E-state index contributed by atoms with van der Waals surface area (Å²) in [6, 6.07) is 6.74. The van der Waals surface area contributed by atoms with Gasteiger partial charge in [0.1, 0.15) is 13.1 Å². The Labute approximate surface area is 221 Å². The first-order valence-electron chi connectivity index (χ1n) is 9.52. The summed E-state index contributed by atoms with van der Waals surface area (Å²) in [5.41, 5.74) is 4.22. The molecular formula is C19H20Cl6N4O4. The van der Waals surface area contributed by atoms with Crippen LogP contribution in [-0.2, 0) is 19.1 Å². The summed E-state index contributed by atoms with van der Waals surface area (Å²) in [6.45, 7) is 3.54. The second-order valence-corrected chi connectivity index (χ2v) is 10.9. The van der Waals surface area contributed by atoms with E-state index in [1.807, 2.05) is 0 Å². The van der Waals surface area contributed by atoms with E-state index >= 15 is 0 Å². The molecule has 0 aromatic heterocycles. The molecule has 1 aromatic carbocycles. The van der Waals surface area contributed by atoms with Crippen LogP contribution in [0.3, 0.4) is 0 Å². The lowest BCUT2D eigenvalue weighted by Gasteiger charge is -2.34. The Bertz CT molecular complexity index is 892. The number of nitrogens with zero attached hydrogens (tertiary/aromatic N) is 3. The van der Waals surface area contributed by atoms with Gasteiger partial charge in [-0.15, -0.1) is 0 Å². The maximum Gasteiger partial charge on any atom is 0.325 e. The Morgan fingerprint density at radius 2 is 1.48 bits per heavy atom. The van der Waals surface area contributed by atoms with Gasteiger partial charge in [-0.1, -0.05) is 81.7 Å². The zero-order valence-electron chi connectivity index (χ0n) is 17.5. The van der Waals surface area contributed by atoms with Crippen molar-refractivity contribution in [1.82, 2.24) is 10.5 Å². The van der Waals surface area contributed by atoms with Crippen LogP contribution in [0.25, 0.3) is 0 Å². The van der Waals surface area contributed by atoms with Crippen LogP contribution in [-0.4, -0.2) is 56.8 Å². The minimum absolute atomic E-state index is 0.110. The Balaban J connectivity index is 2.35. The van der Waals surface area contributed by atoms with Crippen LogP contribution in [0.2, 0.25) is 0 Å². The molecule has 2 rings (SSSR count). The van der Waals surface area contributed by atoms with E-state index < -0.39 is 19.6 Å². The molecule has 0 atom stereocenters. The fourth-order valence-electron chi connectivity index (χ4n) is 2.66. The highest BCUT2D eigenvalue weighted by Crippen LogP contribution is 2.38. The number of ether oxygens (including phenoxy) is 2. The van der Waals surface area contributed by atoms with Crippen molar-refractivity contribution in [2.24, 2.45) is 5.10 Å². The predicted octanol–water partition coefficient (Wildman–Crippen LogP) is 4.73. The first kappa shape index (κ1) is 28.0. The maximum absolute atomic E-state index is 12.0. The molecule has 1 aliphatic rings. The van der Waals surface area contributed by atoms with Gasteiger partial charge in [-0.3, -0.25) is 15.0 Å². The zero-order valence-corrected chi connectivity index (χ0v) is 22.0. The van der Waals surface area contributed by atoms with E-state index in [9.17, 15) is 9.59 Å². The van der Waals surface area contributed by atoms with Crippen LogP contribution in [0.5, 0.6) is 0 Å². The molecule has 0 amide bonds. The second kappa shape index (κ2) is 11.9. The summed E-state index contributed by atoms with van der Waals surface area (Å²) in [4.78, 5) is 25.5. The Morgan fingerprint density at radius 1 is 0.970 bits per heavy atom. The number of hydrazine groups is 1. The van der Waals surface area contributed by atoms with Gasteiger partial charge < -0.3 is 14.4 Å². The molecule has 0 bridgehead atoms. The van der Waals surface area contributed by atoms with E-state index in [1.54, 1.807) is 38.1 Å². The third-order valence-electron chi connectivity index (χ3n) is 4.04.